The lowest BCUT2D eigenvalue weighted by atomic mass is 10.0. The summed E-state index contributed by atoms with van der Waals surface area (Å²) in [4.78, 5) is 4.73. The van der Waals surface area contributed by atoms with E-state index in [0.29, 0.717) is 32.5 Å². The molecule has 0 aromatic carbocycles. The molecule has 0 saturated carbocycles. The van der Waals surface area contributed by atoms with Gasteiger partial charge in [-0.25, -0.2) is 4.98 Å². The number of hydrogen-bond donors (Lipinski definition) is 6. The van der Waals surface area contributed by atoms with Gasteiger partial charge in [-0.2, -0.15) is 0 Å². The molecule has 9 heteroatoms. The van der Waals surface area contributed by atoms with Gasteiger partial charge in [-0.3, -0.25) is 10.7 Å². The number of amidine groups is 1. The van der Waals surface area contributed by atoms with E-state index in [1.165, 1.54) is 0 Å². The maximum atomic E-state index is 10.2. The Morgan fingerprint density at radius 3 is 2.77 bits per heavy atom. The zero-order chi connectivity index (χ0) is 22.8. The topological polar surface area (TPSA) is 141 Å². The summed E-state index contributed by atoms with van der Waals surface area (Å²) in [5.41, 5.74) is 7.50. The van der Waals surface area contributed by atoms with Crippen LogP contribution < -0.4 is 27.1 Å². The van der Waals surface area contributed by atoms with E-state index >= 15 is 0 Å². The van der Waals surface area contributed by atoms with Crippen molar-refractivity contribution in [2.75, 3.05) is 13.2 Å². The van der Waals surface area contributed by atoms with Crippen LogP contribution in [-0.4, -0.2) is 51.3 Å². The Labute approximate surface area is 183 Å². The fraction of sp³-hybridized carbons (Fsp3) is 0.545. The van der Waals surface area contributed by atoms with Crippen molar-refractivity contribution < 1.29 is 14.9 Å². The molecule has 0 radical (unpaired) electrons. The van der Waals surface area contributed by atoms with E-state index in [2.05, 4.69) is 10.6 Å². The molecule has 9 nitrogen and oxygen atoms in total. The van der Waals surface area contributed by atoms with Gasteiger partial charge < -0.3 is 30.6 Å². The molecule has 7 N–H and O–H groups in total. The molecule has 0 fully saturated rings. The lowest BCUT2D eigenvalue weighted by Gasteiger charge is -2.15. The Morgan fingerprint density at radius 2 is 2.16 bits per heavy atom. The zero-order valence-corrected chi connectivity index (χ0v) is 18.7. The van der Waals surface area contributed by atoms with E-state index in [9.17, 15) is 10.2 Å². The van der Waals surface area contributed by atoms with Crippen molar-refractivity contribution in [2.45, 2.75) is 58.6 Å². The minimum Gasteiger partial charge on any atom is -0.384 e. The highest BCUT2D eigenvalue weighted by Gasteiger charge is 2.10. The van der Waals surface area contributed by atoms with Crippen LogP contribution in [0.5, 0.6) is 0 Å². The Morgan fingerprint density at radius 1 is 1.39 bits per heavy atom. The third-order valence-electron chi connectivity index (χ3n) is 5.17. The molecule has 1 aliphatic rings. The fourth-order valence-corrected chi connectivity index (χ4v) is 3.39. The first-order valence-corrected chi connectivity index (χ1v) is 10.7. The normalized spacial score (nSPS) is 17.3. The van der Waals surface area contributed by atoms with Gasteiger partial charge in [0, 0.05) is 38.7 Å². The van der Waals surface area contributed by atoms with E-state index in [4.69, 9.17) is 20.9 Å². The average molecular weight is 433 g/mol. The predicted molar refractivity (Wildman–Crippen MR) is 122 cm³/mol. The summed E-state index contributed by atoms with van der Waals surface area (Å²) in [6, 6.07) is 0. The van der Waals surface area contributed by atoms with Crippen LogP contribution >= 0.6 is 0 Å². The maximum Gasteiger partial charge on any atom is 0.155 e. The van der Waals surface area contributed by atoms with Gasteiger partial charge in [0.05, 0.1) is 17.2 Å². The number of aromatic nitrogens is 2. The van der Waals surface area contributed by atoms with Crippen molar-refractivity contribution in [3.8, 4) is 0 Å². The second kappa shape index (κ2) is 12.4. The molecule has 2 rings (SSSR count). The van der Waals surface area contributed by atoms with Crippen molar-refractivity contribution >= 4 is 18.0 Å². The second-order valence-electron chi connectivity index (χ2n) is 7.41. The Bertz CT molecular complexity index is 918. The van der Waals surface area contributed by atoms with Crippen LogP contribution in [0.1, 0.15) is 45.4 Å². The third-order valence-corrected chi connectivity index (χ3v) is 5.17. The molecule has 1 heterocycles. The van der Waals surface area contributed by atoms with Crippen LogP contribution in [0.25, 0.3) is 12.2 Å². The number of nitrogens with one attached hydrogen (secondary N) is 3. The van der Waals surface area contributed by atoms with Crippen LogP contribution in [0.3, 0.4) is 0 Å². The van der Waals surface area contributed by atoms with Crippen LogP contribution in [0.15, 0.2) is 23.4 Å². The number of aliphatic hydroxyl groups is 2. The lowest BCUT2D eigenvalue weighted by molar-refractivity contribution is -0.0987. The number of hydrogen-bond acceptors (Lipinski definition) is 7. The Hall–Kier alpha value is -2.46. The van der Waals surface area contributed by atoms with Crippen molar-refractivity contribution in [1.29, 1.82) is 5.41 Å². The van der Waals surface area contributed by atoms with Crippen molar-refractivity contribution in [3.05, 3.63) is 39.9 Å². The van der Waals surface area contributed by atoms with Gasteiger partial charge in [0.2, 0.25) is 0 Å². The molecule has 0 bridgehead atoms. The predicted octanol–water partition coefficient (Wildman–Crippen LogP) is -0.326. The van der Waals surface area contributed by atoms with Gasteiger partial charge in [0.1, 0.15) is 17.9 Å². The standard InChI is InChI=1S/C22H36N6O3/c1-4-18-17(10-11-20(29)25-13-12-21(30)31-5-2)27-19(28(18)3)14-26-16-8-6-15(7-9-16)22(23)24/h4,6,8,10,20-21,25-26,29-30H,5,7,9,11-14H2,1-3H3,(H3,23,24)/b17-10+,18-4+. The third kappa shape index (κ3) is 7.62. The molecule has 1 aromatic heterocycles. The Kier molecular flexibility index (Phi) is 9.93. The quantitative estimate of drug-likeness (QED) is 0.151. The molecule has 0 amide bonds. The van der Waals surface area contributed by atoms with Crippen LogP contribution in [-0.2, 0) is 18.3 Å². The van der Waals surface area contributed by atoms with Gasteiger partial charge in [0.15, 0.2) is 6.29 Å². The van der Waals surface area contributed by atoms with Crippen molar-refractivity contribution in [2.24, 2.45) is 12.8 Å². The summed E-state index contributed by atoms with van der Waals surface area (Å²) in [5, 5.41) is 35.4. The molecule has 2 atom stereocenters. The highest BCUT2D eigenvalue weighted by molar-refractivity contribution is 5.94. The monoisotopic (exact) mass is 432 g/mol. The number of nitrogens with zero attached hydrogens (tertiary/aromatic N) is 2. The molecule has 31 heavy (non-hydrogen) atoms. The van der Waals surface area contributed by atoms with Gasteiger partial charge in [-0.05, 0) is 38.3 Å². The van der Waals surface area contributed by atoms with Crippen LogP contribution in [0.2, 0.25) is 0 Å². The Balaban J connectivity index is 1.97. The minimum atomic E-state index is -0.815. The number of ether oxygens (including phenoxy) is 1. The SMILES string of the molecule is C/C=c1\c(=C/CC(O)NCCC(O)OCC)nc(CNC2=CC=C(C(=N)N)CC2)n1C. The van der Waals surface area contributed by atoms with Crippen LogP contribution in [0, 0.1) is 5.41 Å². The van der Waals surface area contributed by atoms with Gasteiger partial charge in [-0.15, -0.1) is 0 Å². The van der Waals surface area contributed by atoms with Gasteiger partial charge in [0.25, 0.3) is 0 Å². The summed E-state index contributed by atoms with van der Waals surface area (Å²) >= 11 is 0. The van der Waals surface area contributed by atoms with Gasteiger partial charge >= 0.3 is 0 Å². The first-order valence-electron chi connectivity index (χ1n) is 10.7. The fourth-order valence-electron chi connectivity index (χ4n) is 3.39. The number of aliphatic hydroxyl groups excluding tert-OH is 2. The first kappa shape index (κ1) is 24.8. The van der Waals surface area contributed by atoms with Crippen molar-refractivity contribution in [3.63, 3.8) is 0 Å². The molecule has 0 aliphatic heterocycles. The highest BCUT2D eigenvalue weighted by Crippen LogP contribution is 2.16. The molecular weight excluding hydrogens is 396 g/mol. The average Bonchev–Trinajstić information content (AvgIpc) is 3.05. The van der Waals surface area contributed by atoms with Crippen LogP contribution in [0.4, 0.5) is 0 Å². The molecular formula is C22H36N6O3. The molecule has 2 unspecified atom stereocenters. The number of nitrogens with two attached hydrogens (primary N) is 1. The van der Waals surface area contributed by atoms with Gasteiger partial charge in [-0.1, -0.05) is 18.2 Å². The summed E-state index contributed by atoms with van der Waals surface area (Å²) in [7, 11) is 1.98. The summed E-state index contributed by atoms with van der Waals surface area (Å²) in [5.74, 6) is 1.02. The van der Waals surface area contributed by atoms with E-state index in [1.807, 2.05) is 49.8 Å². The summed E-state index contributed by atoms with van der Waals surface area (Å²) < 4.78 is 7.10. The maximum absolute atomic E-state index is 10.2. The second-order valence-corrected chi connectivity index (χ2v) is 7.41. The summed E-state index contributed by atoms with van der Waals surface area (Å²) in [6.45, 7) is 5.28. The molecule has 0 spiro atoms. The highest BCUT2D eigenvalue weighted by atomic mass is 16.6. The van der Waals surface area contributed by atoms with E-state index in [1.54, 1.807) is 0 Å². The van der Waals surface area contributed by atoms with E-state index < -0.39 is 12.5 Å². The summed E-state index contributed by atoms with van der Waals surface area (Å²) in [6.07, 6.45) is 8.62. The molecule has 1 aliphatic carbocycles. The van der Waals surface area contributed by atoms with E-state index in [-0.39, 0.29) is 5.84 Å². The molecule has 0 saturated heterocycles. The lowest BCUT2D eigenvalue weighted by Crippen LogP contribution is -2.33. The number of rotatable bonds is 12. The number of imidazole rings is 1. The van der Waals surface area contributed by atoms with Crippen molar-refractivity contribution in [1.82, 2.24) is 20.2 Å². The largest absolute Gasteiger partial charge is 0.384 e. The first-order chi connectivity index (χ1) is 14.8. The zero-order valence-electron chi connectivity index (χ0n) is 18.7. The smallest absolute Gasteiger partial charge is 0.155 e. The van der Waals surface area contributed by atoms with E-state index in [0.717, 1.165) is 40.6 Å². The molecule has 172 valence electrons. The number of allylic oxidation sites excluding steroid dienone is 3. The molecule has 1 aromatic rings. The minimum absolute atomic E-state index is 0.129.